The van der Waals surface area contributed by atoms with Gasteiger partial charge >= 0.3 is 0 Å². The second-order valence-corrected chi connectivity index (χ2v) is 15.3. The minimum atomic E-state index is -1.03. The molecular weight excluding hydrogens is 839 g/mol. The maximum absolute atomic E-state index is 14.3. The van der Waals surface area contributed by atoms with Crippen molar-refractivity contribution in [1.82, 2.24) is 39.2 Å². The predicted molar refractivity (Wildman–Crippen MR) is 231 cm³/mol. The van der Waals surface area contributed by atoms with E-state index in [1.54, 1.807) is 61.4 Å². The minimum Gasteiger partial charge on any atom is -0.368 e. The van der Waals surface area contributed by atoms with Gasteiger partial charge in [0, 0.05) is 38.6 Å². The van der Waals surface area contributed by atoms with Gasteiger partial charge in [0.25, 0.3) is 0 Å². The van der Waals surface area contributed by atoms with E-state index < -0.39 is 47.7 Å². The highest BCUT2D eigenvalue weighted by atomic mass is 19.2. The molecule has 10 rings (SSSR count). The van der Waals surface area contributed by atoms with Crippen LogP contribution in [0.1, 0.15) is 12.8 Å². The van der Waals surface area contributed by atoms with Crippen LogP contribution in [0.15, 0.2) is 110 Å². The topological polar surface area (TPSA) is 169 Å². The van der Waals surface area contributed by atoms with Gasteiger partial charge in [0.05, 0.1) is 93.2 Å². The number of fused-ring (bicyclic) bond motifs is 2. The highest BCUT2D eigenvalue weighted by Gasteiger charge is 2.29. The molecule has 14 nitrogen and oxygen atoms in total. The average Bonchev–Trinajstić information content (AvgIpc) is 3.89. The van der Waals surface area contributed by atoms with Crippen molar-refractivity contribution in [3.63, 3.8) is 0 Å². The normalized spacial score (nSPS) is 18.8. The summed E-state index contributed by atoms with van der Waals surface area (Å²) >= 11 is 0. The molecule has 0 spiro atoms. The van der Waals surface area contributed by atoms with E-state index in [-0.39, 0.29) is 22.5 Å². The lowest BCUT2D eigenvalue weighted by Crippen LogP contribution is -2.49. The zero-order valence-corrected chi connectivity index (χ0v) is 33.8. The first kappa shape index (κ1) is 42.0. The molecular formula is C44H40F6N14. The molecule has 4 atom stereocenters. The third-order valence-corrected chi connectivity index (χ3v) is 11.1. The predicted octanol–water partition coefficient (Wildman–Crippen LogP) is 7.38. The third-order valence-electron chi connectivity index (χ3n) is 11.1. The highest BCUT2D eigenvalue weighted by Crippen LogP contribution is 2.33. The lowest BCUT2D eigenvalue weighted by molar-refractivity contribution is 0.244. The van der Waals surface area contributed by atoms with Gasteiger partial charge in [-0.05, 0) is 73.5 Å². The highest BCUT2D eigenvalue weighted by molar-refractivity contribution is 5.75. The Balaban J connectivity index is 0.000000162. The standard InChI is InChI=1S/2C22H20F3N7/c2*23-14-7-9-31(12-17(14)26)20-6-8-27-11-19(20)29-22-28-10-13-4-5-18(30-32(13)22)21-15(24)2-1-3-16(21)25/h2*1-6,8,10-11,14,17H,7,9,12,26H2,(H,28,29)/t2*14-,17-/m10/s1. The van der Waals surface area contributed by atoms with E-state index in [4.69, 9.17) is 11.5 Å². The van der Waals surface area contributed by atoms with Crippen molar-refractivity contribution in [3.05, 3.63) is 133 Å². The molecule has 2 aliphatic rings. The Kier molecular flexibility index (Phi) is 11.7. The van der Waals surface area contributed by atoms with Crippen LogP contribution < -0.4 is 31.9 Å². The van der Waals surface area contributed by atoms with Crippen LogP contribution in [-0.4, -0.2) is 89.8 Å². The maximum Gasteiger partial charge on any atom is 0.229 e. The first-order valence-electron chi connectivity index (χ1n) is 20.3. The Morgan fingerprint density at radius 1 is 0.531 bits per heavy atom. The average molecular weight is 879 g/mol. The number of alkyl halides is 2. The number of hydrogen-bond acceptors (Lipinski definition) is 12. The smallest absolute Gasteiger partial charge is 0.229 e. The first-order chi connectivity index (χ1) is 31.0. The van der Waals surface area contributed by atoms with E-state index in [1.807, 2.05) is 21.9 Å². The summed E-state index contributed by atoms with van der Waals surface area (Å²) in [5, 5.41) is 15.2. The summed E-state index contributed by atoms with van der Waals surface area (Å²) < 4.78 is 87.6. The Morgan fingerprint density at radius 3 is 1.33 bits per heavy atom. The number of imidazole rings is 2. The van der Waals surface area contributed by atoms with E-state index in [1.165, 1.54) is 45.4 Å². The second-order valence-electron chi connectivity index (χ2n) is 15.3. The Bertz CT molecular complexity index is 2710. The fraction of sp³-hybridized carbons (Fsp3) is 0.227. The van der Waals surface area contributed by atoms with E-state index in [2.05, 4.69) is 40.8 Å². The largest absolute Gasteiger partial charge is 0.368 e. The summed E-state index contributed by atoms with van der Waals surface area (Å²) in [6.07, 6.45) is 8.37. The molecule has 8 aromatic rings. The molecule has 6 aromatic heterocycles. The number of hydrogen-bond donors (Lipinski definition) is 4. The summed E-state index contributed by atoms with van der Waals surface area (Å²) in [4.78, 5) is 21.0. The zero-order chi connectivity index (χ0) is 44.5. The first-order valence-corrected chi connectivity index (χ1v) is 20.3. The van der Waals surface area contributed by atoms with Gasteiger partial charge in [0.1, 0.15) is 35.6 Å². The molecule has 0 aliphatic carbocycles. The maximum atomic E-state index is 14.3. The second kappa shape index (κ2) is 17.8. The molecule has 2 saturated heterocycles. The fourth-order valence-electron chi connectivity index (χ4n) is 7.79. The molecule has 2 fully saturated rings. The minimum absolute atomic E-state index is 0.136. The summed E-state index contributed by atoms with van der Waals surface area (Å²) in [6.45, 7) is 1.78. The molecule has 8 heterocycles. The van der Waals surface area contributed by atoms with Gasteiger partial charge in [0.2, 0.25) is 11.9 Å². The third kappa shape index (κ3) is 8.43. The number of aromatic nitrogens is 8. The van der Waals surface area contributed by atoms with Gasteiger partial charge in [-0.2, -0.15) is 19.2 Å². The van der Waals surface area contributed by atoms with Crippen LogP contribution in [0.5, 0.6) is 0 Å². The number of nitrogens with zero attached hydrogens (tertiary/aromatic N) is 10. The number of pyridine rings is 2. The fourth-order valence-corrected chi connectivity index (χ4v) is 7.79. The molecule has 20 heteroatoms. The number of nitrogens with one attached hydrogen (secondary N) is 2. The van der Waals surface area contributed by atoms with Crippen molar-refractivity contribution >= 4 is 45.7 Å². The van der Waals surface area contributed by atoms with Crippen molar-refractivity contribution in [2.45, 2.75) is 37.3 Å². The van der Waals surface area contributed by atoms with E-state index in [0.29, 0.717) is 73.3 Å². The number of benzene rings is 2. The van der Waals surface area contributed by atoms with Crippen LogP contribution in [0.2, 0.25) is 0 Å². The Labute approximate surface area is 361 Å². The number of rotatable bonds is 8. The van der Waals surface area contributed by atoms with Gasteiger partial charge in [-0.25, -0.2) is 36.3 Å². The molecule has 0 saturated carbocycles. The number of nitrogens with two attached hydrogens (primary N) is 2. The molecule has 328 valence electrons. The molecule has 6 N–H and O–H groups in total. The number of halogens is 6. The van der Waals surface area contributed by atoms with Gasteiger partial charge in [0.15, 0.2) is 0 Å². The molecule has 0 bridgehead atoms. The van der Waals surface area contributed by atoms with Crippen molar-refractivity contribution in [1.29, 1.82) is 0 Å². The molecule has 2 aliphatic heterocycles. The van der Waals surface area contributed by atoms with Crippen LogP contribution in [-0.2, 0) is 0 Å². The van der Waals surface area contributed by atoms with Crippen molar-refractivity contribution in [3.8, 4) is 22.5 Å². The summed E-state index contributed by atoms with van der Waals surface area (Å²) in [6, 6.07) is 16.3. The monoisotopic (exact) mass is 878 g/mol. The van der Waals surface area contributed by atoms with Crippen molar-refractivity contribution < 1.29 is 26.3 Å². The van der Waals surface area contributed by atoms with Crippen LogP contribution in [0, 0.1) is 23.3 Å². The van der Waals surface area contributed by atoms with Gasteiger partial charge < -0.3 is 31.9 Å². The van der Waals surface area contributed by atoms with Gasteiger partial charge in [-0.1, -0.05) is 12.1 Å². The van der Waals surface area contributed by atoms with Crippen LogP contribution in [0.3, 0.4) is 0 Å². The van der Waals surface area contributed by atoms with E-state index in [0.717, 1.165) is 11.4 Å². The summed E-state index contributed by atoms with van der Waals surface area (Å²) in [5.41, 5.74) is 15.8. The van der Waals surface area contributed by atoms with Gasteiger partial charge in [-0.3, -0.25) is 9.97 Å². The zero-order valence-electron chi connectivity index (χ0n) is 33.8. The lowest BCUT2D eigenvalue weighted by atomic mass is 10.0. The number of anilines is 6. The van der Waals surface area contributed by atoms with Crippen molar-refractivity contribution in [2.75, 3.05) is 46.6 Å². The Hall–Kier alpha value is -7.32. The molecule has 0 radical (unpaired) electrons. The molecule has 64 heavy (non-hydrogen) atoms. The van der Waals surface area contributed by atoms with Crippen LogP contribution >= 0.6 is 0 Å². The molecule has 2 aromatic carbocycles. The lowest BCUT2D eigenvalue weighted by Gasteiger charge is -2.35. The van der Waals surface area contributed by atoms with Crippen molar-refractivity contribution in [2.24, 2.45) is 11.5 Å². The summed E-state index contributed by atoms with van der Waals surface area (Å²) in [7, 11) is 0. The van der Waals surface area contributed by atoms with E-state index in [9.17, 15) is 26.3 Å². The summed E-state index contributed by atoms with van der Waals surface area (Å²) in [5.74, 6) is -2.11. The van der Waals surface area contributed by atoms with E-state index >= 15 is 0 Å². The SMILES string of the molecule is N[C@@H]1CN(c2ccncc2Nc2ncc3ccc(-c4c(F)cccc4F)nn23)CC[C@H]1F.N[C@H]1CN(c2ccncc2Nc2ncc3ccc(-c4c(F)cccc4F)nn23)CC[C@@H]1F. The quantitative estimate of drug-likeness (QED) is 0.112. The molecule has 0 unspecified atom stereocenters. The van der Waals surface area contributed by atoms with Crippen LogP contribution in [0.4, 0.5) is 61.0 Å². The number of piperidine rings is 2. The van der Waals surface area contributed by atoms with Crippen LogP contribution in [0.25, 0.3) is 33.5 Å². The molecule has 0 amide bonds. The van der Waals surface area contributed by atoms with Gasteiger partial charge in [-0.15, -0.1) is 0 Å². The Morgan fingerprint density at radius 2 is 0.938 bits per heavy atom.